The third-order valence-corrected chi connectivity index (χ3v) is 4.46. The Labute approximate surface area is 135 Å². The molecule has 1 atom stereocenters. The first-order valence-electron chi connectivity index (χ1n) is 8.12. The lowest BCUT2D eigenvalue weighted by Gasteiger charge is -2.35. The Morgan fingerprint density at radius 1 is 1.48 bits per heavy atom. The van der Waals surface area contributed by atoms with Crippen molar-refractivity contribution in [2.45, 2.75) is 45.6 Å². The highest BCUT2D eigenvalue weighted by Crippen LogP contribution is 2.31. The lowest BCUT2D eigenvalue weighted by Crippen LogP contribution is -2.42. The predicted molar refractivity (Wildman–Crippen MR) is 86.1 cm³/mol. The number of aryl methyl sites for hydroxylation is 3. The van der Waals surface area contributed by atoms with Gasteiger partial charge in [-0.3, -0.25) is 4.68 Å². The molecule has 1 saturated heterocycles. The minimum absolute atomic E-state index is 0.0569. The van der Waals surface area contributed by atoms with E-state index in [4.69, 9.17) is 4.52 Å². The van der Waals surface area contributed by atoms with Gasteiger partial charge in [0.1, 0.15) is 11.4 Å². The maximum absolute atomic E-state index is 12.8. The van der Waals surface area contributed by atoms with Crippen molar-refractivity contribution in [3.8, 4) is 0 Å². The molecule has 3 rings (SSSR count). The molecule has 23 heavy (non-hydrogen) atoms. The van der Waals surface area contributed by atoms with Gasteiger partial charge < -0.3 is 14.7 Å². The number of nitrogens with zero attached hydrogens (tertiary/aromatic N) is 4. The highest BCUT2D eigenvalue weighted by Gasteiger charge is 2.30. The molecule has 2 aromatic rings. The quantitative estimate of drug-likeness (QED) is 0.944. The molecule has 1 fully saturated rings. The fourth-order valence-electron chi connectivity index (χ4n) is 3.19. The average molecular weight is 317 g/mol. The van der Waals surface area contributed by atoms with Crippen LogP contribution in [0.5, 0.6) is 0 Å². The number of nitrogens with one attached hydrogen (secondary N) is 1. The Hall–Kier alpha value is -2.31. The Kier molecular flexibility index (Phi) is 4.36. The maximum atomic E-state index is 12.8. The number of amides is 2. The fraction of sp³-hybridized carbons (Fsp3) is 0.562. The molecule has 7 nitrogen and oxygen atoms in total. The minimum Gasteiger partial charge on any atom is -0.359 e. The maximum Gasteiger partial charge on any atom is 0.322 e. The predicted octanol–water partition coefficient (Wildman–Crippen LogP) is 3.04. The van der Waals surface area contributed by atoms with Crippen molar-refractivity contribution in [2.75, 3.05) is 11.9 Å². The first-order valence-corrected chi connectivity index (χ1v) is 8.12. The van der Waals surface area contributed by atoms with E-state index in [0.29, 0.717) is 11.4 Å². The van der Waals surface area contributed by atoms with E-state index in [1.165, 1.54) is 0 Å². The highest BCUT2D eigenvalue weighted by atomic mass is 16.5. The van der Waals surface area contributed by atoms with E-state index in [0.717, 1.165) is 43.6 Å². The van der Waals surface area contributed by atoms with Crippen LogP contribution in [-0.2, 0) is 13.5 Å². The van der Waals surface area contributed by atoms with Crippen molar-refractivity contribution in [2.24, 2.45) is 7.05 Å². The number of urea groups is 1. The number of anilines is 1. The zero-order chi connectivity index (χ0) is 16.4. The number of carbonyl (C=O) groups is 1. The zero-order valence-electron chi connectivity index (χ0n) is 13.9. The monoisotopic (exact) mass is 317 g/mol. The van der Waals surface area contributed by atoms with Gasteiger partial charge in [-0.25, -0.2) is 4.79 Å². The number of likely N-dealkylation sites (tertiary alicyclic amines) is 1. The van der Waals surface area contributed by atoms with Crippen molar-refractivity contribution in [3.63, 3.8) is 0 Å². The summed E-state index contributed by atoms with van der Waals surface area (Å²) in [6, 6.07) is 1.94. The average Bonchev–Trinajstić information content (AvgIpc) is 3.14. The molecular formula is C16H23N5O2. The van der Waals surface area contributed by atoms with Crippen LogP contribution in [0.4, 0.5) is 10.5 Å². The van der Waals surface area contributed by atoms with Gasteiger partial charge in [0.2, 0.25) is 0 Å². The molecule has 2 aromatic heterocycles. The number of aromatic nitrogens is 3. The number of rotatable bonds is 3. The van der Waals surface area contributed by atoms with E-state index in [1.54, 1.807) is 6.20 Å². The van der Waals surface area contributed by atoms with Crippen molar-refractivity contribution < 1.29 is 9.32 Å². The fourth-order valence-corrected chi connectivity index (χ4v) is 3.19. The van der Waals surface area contributed by atoms with E-state index in [2.05, 4.69) is 15.6 Å². The summed E-state index contributed by atoms with van der Waals surface area (Å²) < 4.78 is 7.04. The molecule has 2 amide bonds. The van der Waals surface area contributed by atoms with Crippen LogP contribution < -0.4 is 5.32 Å². The summed E-state index contributed by atoms with van der Waals surface area (Å²) in [4.78, 5) is 14.7. The van der Waals surface area contributed by atoms with Crippen LogP contribution in [0.3, 0.4) is 0 Å². The normalized spacial score (nSPS) is 18.2. The molecule has 7 heteroatoms. The summed E-state index contributed by atoms with van der Waals surface area (Å²) >= 11 is 0. The molecule has 1 aliphatic heterocycles. The number of piperidine rings is 1. The molecule has 0 aliphatic carbocycles. The van der Waals surface area contributed by atoms with Crippen LogP contribution in [0.15, 0.2) is 16.8 Å². The van der Waals surface area contributed by atoms with Gasteiger partial charge in [-0.1, -0.05) is 12.1 Å². The van der Waals surface area contributed by atoms with Gasteiger partial charge in [0.25, 0.3) is 0 Å². The van der Waals surface area contributed by atoms with Gasteiger partial charge in [-0.2, -0.15) is 5.10 Å². The molecule has 1 aliphatic rings. The molecule has 0 spiro atoms. The number of hydrogen-bond acceptors (Lipinski definition) is 4. The summed E-state index contributed by atoms with van der Waals surface area (Å²) in [5, 5.41) is 11.2. The first-order chi connectivity index (χ1) is 11.1. The Morgan fingerprint density at radius 3 is 3.00 bits per heavy atom. The summed E-state index contributed by atoms with van der Waals surface area (Å²) in [6.07, 6.45) is 5.59. The van der Waals surface area contributed by atoms with Crippen LogP contribution in [-0.4, -0.2) is 32.4 Å². The third-order valence-electron chi connectivity index (χ3n) is 4.46. The summed E-state index contributed by atoms with van der Waals surface area (Å²) in [5.74, 6) is 0.643. The van der Waals surface area contributed by atoms with Crippen LogP contribution in [0, 0.1) is 6.92 Å². The van der Waals surface area contributed by atoms with Crippen molar-refractivity contribution in [1.82, 2.24) is 19.8 Å². The van der Waals surface area contributed by atoms with Gasteiger partial charge in [0.15, 0.2) is 5.76 Å². The van der Waals surface area contributed by atoms with Crippen LogP contribution in [0.2, 0.25) is 0 Å². The third kappa shape index (κ3) is 2.95. The molecular weight excluding hydrogens is 294 g/mol. The van der Waals surface area contributed by atoms with Crippen LogP contribution in [0.25, 0.3) is 0 Å². The van der Waals surface area contributed by atoms with Gasteiger partial charge in [-0.05, 0) is 38.7 Å². The standard InChI is InChI=1S/C16H23N5O2/c1-4-12-15(11(2)23-19-12)18-16(22)21-10-6-5-7-14(21)13-8-9-17-20(13)3/h8-9,14H,4-7,10H2,1-3H3,(H,18,22)/t14-/m0/s1. The van der Waals surface area contributed by atoms with Crippen molar-refractivity contribution in [1.29, 1.82) is 0 Å². The van der Waals surface area contributed by atoms with Gasteiger partial charge >= 0.3 is 6.03 Å². The topological polar surface area (TPSA) is 76.2 Å². The molecule has 1 N–H and O–H groups in total. The second-order valence-corrected chi connectivity index (χ2v) is 5.93. The summed E-state index contributed by atoms with van der Waals surface area (Å²) in [5.41, 5.74) is 2.55. The molecule has 3 heterocycles. The van der Waals surface area contributed by atoms with E-state index >= 15 is 0 Å². The Bertz CT molecular complexity index is 690. The Morgan fingerprint density at radius 2 is 2.30 bits per heavy atom. The molecule has 0 unspecified atom stereocenters. The first kappa shape index (κ1) is 15.6. The molecule has 0 bridgehead atoms. The minimum atomic E-state index is -0.100. The van der Waals surface area contributed by atoms with E-state index in [9.17, 15) is 4.79 Å². The zero-order valence-corrected chi connectivity index (χ0v) is 13.9. The number of hydrogen-bond donors (Lipinski definition) is 1. The van der Waals surface area contributed by atoms with Crippen LogP contribution in [0.1, 0.15) is 49.4 Å². The van der Waals surface area contributed by atoms with E-state index in [-0.39, 0.29) is 12.1 Å². The highest BCUT2D eigenvalue weighted by molar-refractivity contribution is 5.90. The lowest BCUT2D eigenvalue weighted by atomic mass is 9.99. The molecule has 124 valence electrons. The smallest absolute Gasteiger partial charge is 0.322 e. The summed E-state index contributed by atoms with van der Waals surface area (Å²) in [7, 11) is 1.92. The Balaban J connectivity index is 1.82. The largest absolute Gasteiger partial charge is 0.359 e. The molecule has 0 saturated carbocycles. The number of carbonyl (C=O) groups excluding carboxylic acids is 1. The van der Waals surface area contributed by atoms with Gasteiger partial charge in [-0.15, -0.1) is 0 Å². The van der Waals surface area contributed by atoms with Crippen LogP contribution >= 0.6 is 0 Å². The SMILES string of the molecule is CCc1noc(C)c1NC(=O)N1CCCC[C@H]1c1ccnn1C. The molecule has 0 radical (unpaired) electrons. The lowest BCUT2D eigenvalue weighted by molar-refractivity contribution is 0.159. The van der Waals surface area contributed by atoms with Crippen molar-refractivity contribution in [3.05, 3.63) is 29.4 Å². The van der Waals surface area contributed by atoms with Gasteiger partial charge in [0.05, 0.1) is 11.7 Å². The van der Waals surface area contributed by atoms with Gasteiger partial charge in [0, 0.05) is 19.8 Å². The van der Waals surface area contributed by atoms with Crippen molar-refractivity contribution >= 4 is 11.7 Å². The van der Waals surface area contributed by atoms with E-state index < -0.39 is 0 Å². The second-order valence-electron chi connectivity index (χ2n) is 5.93. The summed E-state index contributed by atoms with van der Waals surface area (Å²) in [6.45, 7) is 4.55. The second kappa shape index (κ2) is 6.44. The van der Waals surface area contributed by atoms with E-state index in [1.807, 2.05) is 36.5 Å². The molecule has 0 aromatic carbocycles.